The smallest absolute Gasteiger partial charge is 0.00884 e. The molecule has 4 rings (SSSR count). The van der Waals surface area contributed by atoms with Crippen molar-refractivity contribution in [1.29, 1.82) is 0 Å². The van der Waals surface area contributed by atoms with E-state index in [-0.39, 0.29) is 0 Å². The Morgan fingerprint density at radius 1 is 1.00 bits per heavy atom. The van der Waals surface area contributed by atoms with Crippen LogP contribution in [0.15, 0.2) is 0 Å². The molecule has 1 heteroatoms. The minimum atomic E-state index is 0.683. The lowest BCUT2D eigenvalue weighted by molar-refractivity contribution is -0.134. The van der Waals surface area contributed by atoms with E-state index in [1.165, 1.54) is 43.9 Å². The van der Waals surface area contributed by atoms with Crippen LogP contribution in [0, 0.1) is 22.2 Å². The Kier molecular flexibility index (Phi) is 1.79. The zero-order valence-electron chi connectivity index (χ0n) is 9.41. The zero-order valence-corrected chi connectivity index (χ0v) is 11.0. The number of hydrogen-bond donors (Lipinski definition) is 0. The summed E-state index contributed by atoms with van der Waals surface area (Å²) in [6.45, 7) is 5.10. The van der Waals surface area contributed by atoms with Crippen LogP contribution in [0.3, 0.4) is 0 Å². The Morgan fingerprint density at radius 3 is 2.00 bits per heavy atom. The van der Waals surface area contributed by atoms with Crippen molar-refractivity contribution >= 4 is 15.9 Å². The molecule has 2 atom stereocenters. The first-order chi connectivity index (χ1) is 6.47. The molecule has 0 spiro atoms. The van der Waals surface area contributed by atoms with Gasteiger partial charge < -0.3 is 0 Å². The third kappa shape index (κ3) is 1.24. The van der Waals surface area contributed by atoms with Gasteiger partial charge in [0.1, 0.15) is 0 Å². The SMILES string of the molecule is CC12CC3CC(C)(C1)CC(CBr)(C3)C2. The highest BCUT2D eigenvalue weighted by Crippen LogP contribution is 2.69. The summed E-state index contributed by atoms with van der Waals surface area (Å²) >= 11 is 3.79. The molecule has 0 radical (unpaired) electrons. The maximum absolute atomic E-state index is 3.79. The Morgan fingerprint density at radius 2 is 1.57 bits per heavy atom. The average Bonchev–Trinajstić information content (AvgIpc) is 1.97. The van der Waals surface area contributed by atoms with E-state index >= 15 is 0 Å². The Hall–Kier alpha value is 0.480. The van der Waals surface area contributed by atoms with Gasteiger partial charge in [-0.25, -0.2) is 0 Å². The molecule has 0 saturated heterocycles. The molecular weight excluding hydrogens is 236 g/mol. The molecule has 4 aliphatic carbocycles. The largest absolute Gasteiger partial charge is 0.0922 e. The van der Waals surface area contributed by atoms with Gasteiger partial charge in [-0.05, 0) is 60.7 Å². The van der Waals surface area contributed by atoms with E-state index in [2.05, 4.69) is 29.8 Å². The van der Waals surface area contributed by atoms with Crippen molar-refractivity contribution in [2.75, 3.05) is 5.33 Å². The second-order valence-corrected chi connectivity index (χ2v) is 7.82. The second-order valence-electron chi connectivity index (χ2n) is 7.26. The summed E-state index contributed by atoms with van der Waals surface area (Å²) < 4.78 is 0. The van der Waals surface area contributed by atoms with Gasteiger partial charge in [-0.3, -0.25) is 0 Å². The molecule has 4 bridgehead atoms. The fourth-order valence-corrected chi connectivity index (χ4v) is 6.46. The molecule has 0 amide bonds. The molecule has 0 nitrogen and oxygen atoms in total. The highest BCUT2D eigenvalue weighted by Gasteiger charge is 2.59. The summed E-state index contributed by atoms with van der Waals surface area (Å²) in [5.74, 6) is 1.05. The molecule has 0 N–H and O–H groups in total. The first-order valence-electron chi connectivity index (χ1n) is 6.03. The van der Waals surface area contributed by atoms with Crippen LogP contribution >= 0.6 is 15.9 Å². The van der Waals surface area contributed by atoms with Crippen molar-refractivity contribution in [2.45, 2.75) is 52.4 Å². The van der Waals surface area contributed by atoms with Crippen LogP contribution in [0.5, 0.6) is 0 Å². The predicted molar refractivity (Wildman–Crippen MR) is 63.6 cm³/mol. The number of alkyl halides is 1. The van der Waals surface area contributed by atoms with Crippen molar-refractivity contribution < 1.29 is 0 Å². The van der Waals surface area contributed by atoms with E-state index in [4.69, 9.17) is 0 Å². The Bertz CT molecular complexity index is 252. The van der Waals surface area contributed by atoms with Crippen LogP contribution in [0.4, 0.5) is 0 Å². The summed E-state index contributed by atoms with van der Waals surface area (Å²) in [5, 5.41) is 1.25. The summed E-state index contributed by atoms with van der Waals surface area (Å²) in [5.41, 5.74) is 2.08. The molecule has 0 aromatic heterocycles. The Balaban J connectivity index is 2.01. The van der Waals surface area contributed by atoms with Gasteiger partial charge in [0.2, 0.25) is 0 Å². The molecule has 14 heavy (non-hydrogen) atoms. The second kappa shape index (κ2) is 2.59. The van der Waals surface area contributed by atoms with Crippen molar-refractivity contribution in [1.82, 2.24) is 0 Å². The van der Waals surface area contributed by atoms with Crippen LogP contribution in [-0.2, 0) is 0 Å². The fourth-order valence-electron chi connectivity index (χ4n) is 5.83. The van der Waals surface area contributed by atoms with Gasteiger partial charge in [0.05, 0.1) is 0 Å². The molecule has 4 saturated carbocycles. The maximum Gasteiger partial charge on any atom is 0.00884 e. The summed E-state index contributed by atoms with van der Waals surface area (Å²) in [7, 11) is 0. The molecule has 0 aliphatic heterocycles. The first kappa shape index (κ1) is 9.69. The average molecular weight is 257 g/mol. The van der Waals surface area contributed by atoms with E-state index in [1.807, 2.05) is 0 Å². The third-order valence-electron chi connectivity index (χ3n) is 5.03. The monoisotopic (exact) mass is 256 g/mol. The third-order valence-corrected chi connectivity index (χ3v) is 6.21. The van der Waals surface area contributed by atoms with E-state index in [1.54, 1.807) is 0 Å². The topological polar surface area (TPSA) is 0 Å². The van der Waals surface area contributed by atoms with Gasteiger partial charge in [-0.1, -0.05) is 29.8 Å². The van der Waals surface area contributed by atoms with E-state index in [0.29, 0.717) is 16.2 Å². The molecule has 0 heterocycles. The number of halogens is 1. The number of hydrogen-bond acceptors (Lipinski definition) is 0. The summed E-state index contributed by atoms with van der Waals surface area (Å²) in [6.07, 6.45) is 9.07. The van der Waals surface area contributed by atoms with Crippen molar-refractivity contribution in [3.8, 4) is 0 Å². The molecule has 80 valence electrons. The lowest BCUT2D eigenvalue weighted by Crippen LogP contribution is -2.55. The van der Waals surface area contributed by atoms with Crippen LogP contribution in [0.25, 0.3) is 0 Å². The zero-order chi connectivity index (χ0) is 10.0. The van der Waals surface area contributed by atoms with Gasteiger partial charge in [0, 0.05) is 5.33 Å². The quantitative estimate of drug-likeness (QED) is 0.611. The lowest BCUT2D eigenvalue weighted by atomic mass is 9.41. The standard InChI is InChI=1S/C13H21Br/c1-11-3-10-4-12(2,6-11)8-13(5-10,7-11)9-14/h10H,3-9H2,1-2H3. The molecule has 4 fully saturated rings. The molecular formula is C13H21Br. The first-order valence-corrected chi connectivity index (χ1v) is 7.15. The molecule has 2 unspecified atom stereocenters. The van der Waals surface area contributed by atoms with Gasteiger partial charge >= 0.3 is 0 Å². The highest BCUT2D eigenvalue weighted by molar-refractivity contribution is 9.09. The van der Waals surface area contributed by atoms with E-state index in [0.717, 1.165) is 5.92 Å². The normalized spacial score (nSPS) is 60.6. The number of rotatable bonds is 1. The molecule has 0 aromatic carbocycles. The van der Waals surface area contributed by atoms with Crippen molar-refractivity contribution in [3.63, 3.8) is 0 Å². The molecule has 4 aliphatic rings. The van der Waals surface area contributed by atoms with Gasteiger partial charge in [0.25, 0.3) is 0 Å². The predicted octanol–water partition coefficient (Wildman–Crippen LogP) is 4.38. The Labute approximate surface area is 96.0 Å². The molecule has 0 aromatic rings. The minimum Gasteiger partial charge on any atom is -0.0922 e. The highest BCUT2D eigenvalue weighted by atomic mass is 79.9. The summed E-state index contributed by atoms with van der Waals surface area (Å²) in [6, 6.07) is 0. The van der Waals surface area contributed by atoms with E-state index < -0.39 is 0 Å². The van der Waals surface area contributed by atoms with Gasteiger partial charge in [0.15, 0.2) is 0 Å². The van der Waals surface area contributed by atoms with Crippen molar-refractivity contribution in [2.24, 2.45) is 22.2 Å². The van der Waals surface area contributed by atoms with Gasteiger partial charge in [-0.15, -0.1) is 0 Å². The van der Waals surface area contributed by atoms with Gasteiger partial charge in [-0.2, -0.15) is 0 Å². The lowest BCUT2D eigenvalue weighted by Gasteiger charge is -2.65. The maximum atomic E-state index is 3.79. The summed E-state index contributed by atoms with van der Waals surface area (Å²) in [4.78, 5) is 0. The van der Waals surface area contributed by atoms with Crippen LogP contribution in [-0.4, -0.2) is 5.33 Å². The van der Waals surface area contributed by atoms with Crippen LogP contribution < -0.4 is 0 Å². The van der Waals surface area contributed by atoms with Crippen molar-refractivity contribution in [3.05, 3.63) is 0 Å². The minimum absolute atomic E-state index is 0.683. The fraction of sp³-hybridized carbons (Fsp3) is 1.00. The van der Waals surface area contributed by atoms with E-state index in [9.17, 15) is 0 Å². The van der Waals surface area contributed by atoms with Crippen LogP contribution in [0.2, 0.25) is 0 Å². The van der Waals surface area contributed by atoms with Crippen LogP contribution in [0.1, 0.15) is 52.4 Å².